The summed E-state index contributed by atoms with van der Waals surface area (Å²) in [4.78, 5) is 0.334. The zero-order chi connectivity index (χ0) is 9.68. The van der Waals surface area contributed by atoms with E-state index in [1.165, 1.54) is 0 Å². The normalized spacial score (nSPS) is 13.2. The minimum Gasteiger partial charge on any atom is -0.374 e. The smallest absolute Gasteiger partial charge is 0.143 e. The maximum atomic E-state index is 5.24. The molecule has 1 unspecified atom stereocenters. The van der Waals surface area contributed by atoms with Gasteiger partial charge in [0.15, 0.2) is 0 Å². The van der Waals surface area contributed by atoms with Crippen LogP contribution in [-0.2, 0) is 11.3 Å². The van der Waals surface area contributed by atoms with Crippen molar-refractivity contribution < 1.29 is 4.74 Å². The zero-order valence-electron chi connectivity index (χ0n) is 7.79. The number of rotatable bonds is 5. The van der Waals surface area contributed by atoms with Crippen LogP contribution in [0.5, 0.6) is 0 Å². The van der Waals surface area contributed by atoms with Gasteiger partial charge in [-0.25, -0.2) is 0 Å². The lowest BCUT2D eigenvalue weighted by atomic mass is 10.4. The summed E-state index contributed by atoms with van der Waals surface area (Å²) < 4.78 is 5.24. The molecule has 74 valence electrons. The maximum absolute atomic E-state index is 5.24. The van der Waals surface area contributed by atoms with Crippen LogP contribution < -0.4 is 0 Å². The molecule has 0 saturated heterocycles. The second-order valence-corrected chi connectivity index (χ2v) is 4.75. The number of halogens is 1. The van der Waals surface area contributed by atoms with Gasteiger partial charge in [-0.2, -0.15) is 0 Å². The molecule has 0 aliphatic carbocycles. The molecule has 1 aromatic rings. The Morgan fingerprint density at radius 2 is 2.23 bits per heavy atom. The van der Waals surface area contributed by atoms with Crippen molar-refractivity contribution in [3.05, 3.63) is 10.0 Å². The molecule has 1 atom stereocenters. The number of hydrogen-bond donors (Lipinski definition) is 0. The Hall–Kier alpha value is -0.0000000000000000833. The molecule has 3 nitrogen and oxygen atoms in total. The van der Waals surface area contributed by atoms with Crippen LogP contribution in [0.3, 0.4) is 0 Å². The first kappa shape index (κ1) is 11.1. The van der Waals surface area contributed by atoms with Crippen molar-refractivity contribution in [1.82, 2.24) is 10.2 Å². The Morgan fingerprint density at radius 1 is 1.46 bits per heavy atom. The Bertz CT molecular complexity index is 254. The van der Waals surface area contributed by atoms with E-state index in [1.807, 2.05) is 6.92 Å². The maximum Gasteiger partial charge on any atom is 0.143 e. The van der Waals surface area contributed by atoms with Crippen LogP contribution in [0.4, 0.5) is 0 Å². The fraction of sp³-hybridized carbons (Fsp3) is 0.750. The highest BCUT2D eigenvalue weighted by Gasteiger charge is 2.11. The van der Waals surface area contributed by atoms with Crippen LogP contribution in [0.15, 0.2) is 0 Å². The van der Waals surface area contributed by atoms with E-state index in [0.29, 0.717) is 11.4 Å². The fourth-order valence-electron chi connectivity index (χ4n) is 0.815. The molecular weight excluding hydrogens is 252 g/mol. The first-order chi connectivity index (χ1) is 6.27. The summed E-state index contributed by atoms with van der Waals surface area (Å²) in [6.07, 6.45) is 1.03. The topological polar surface area (TPSA) is 35.0 Å². The summed E-state index contributed by atoms with van der Waals surface area (Å²) in [6, 6.07) is 0. The highest BCUT2D eigenvalue weighted by Crippen LogP contribution is 2.28. The van der Waals surface area contributed by atoms with Crippen LogP contribution >= 0.6 is 27.3 Å². The molecule has 0 aliphatic heterocycles. The molecule has 5 heteroatoms. The third kappa shape index (κ3) is 3.32. The first-order valence-corrected chi connectivity index (χ1v) is 6.05. The third-order valence-corrected chi connectivity index (χ3v) is 3.93. The first-order valence-electron chi connectivity index (χ1n) is 4.32. The number of ether oxygens (including phenoxy) is 1. The molecule has 0 aliphatic rings. The van der Waals surface area contributed by atoms with Gasteiger partial charge in [0.25, 0.3) is 0 Å². The zero-order valence-corrected chi connectivity index (χ0v) is 10.2. The molecule has 0 aromatic carbocycles. The quantitative estimate of drug-likeness (QED) is 0.768. The fourth-order valence-corrected chi connectivity index (χ4v) is 2.03. The lowest BCUT2D eigenvalue weighted by Crippen LogP contribution is -1.90. The van der Waals surface area contributed by atoms with Crippen molar-refractivity contribution in [2.75, 3.05) is 6.61 Å². The lowest BCUT2D eigenvalue weighted by Gasteiger charge is -1.98. The van der Waals surface area contributed by atoms with E-state index in [2.05, 4.69) is 33.1 Å². The van der Waals surface area contributed by atoms with Crippen LogP contribution in [0.25, 0.3) is 0 Å². The van der Waals surface area contributed by atoms with E-state index in [0.717, 1.165) is 23.0 Å². The molecule has 0 bridgehead atoms. The number of aromatic nitrogens is 2. The molecule has 0 spiro atoms. The van der Waals surface area contributed by atoms with E-state index in [1.54, 1.807) is 11.3 Å². The lowest BCUT2D eigenvalue weighted by molar-refractivity contribution is 0.133. The molecule has 0 fully saturated rings. The number of alkyl halides is 1. The molecule has 0 radical (unpaired) electrons. The van der Waals surface area contributed by atoms with Gasteiger partial charge in [-0.15, -0.1) is 10.2 Å². The molecular formula is C8H13BrN2OS. The van der Waals surface area contributed by atoms with E-state index < -0.39 is 0 Å². The van der Waals surface area contributed by atoms with Crippen LogP contribution in [0, 0.1) is 0 Å². The van der Waals surface area contributed by atoms with Gasteiger partial charge in [0, 0.05) is 6.61 Å². The standard InChI is InChI=1S/C8H13BrN2OS/c1-3-6(9)8-11-10-7(13-8)5-12-4-2/h6H,3-5H2,1-2H3. The van der Waals surface area contributed by atoms with Crippen molar-refractivity contribution in [2.24, 2.45) is 0 Å². The molecule has 1 heterocycles. The Labute approximate surface area is 90.7 Å². The molecule has 1 rings (SSSR count). The van der Waals surface area contributed by atoms with Crippen LogP contribution in [-0.4, -0.2) is 16.8 Å². The SMILES string of the molecule is CCOCc1nnc(C(Br)CC)s1. The predicted molar refractivity (Wildman–Crippen MR) is 57.2 cm³/mol. The van der Waals surface area contributed by atoms with Gasteiger partial charge >= 0.3 is 0 Å². The Kier molecular flexibility index (Phi) is 4.83. The van der Waals surface area contributed by atoms with E-state index in [4.69, 9.17) is 4.74 Å². The summed E-state index contributed by atoms with van der Waals surface area (Å²) in [5.74, 6) is 0. The van der Waals surface area contributed by atoms with Crippen LogP contribution in [0.2, 0.25) is 0 Å². The monoisotopic (exact) mass is 264 g/mol. The Morgan fingerprint density at radius 3 is 2.85 bits per heavy atom. The minimum absolute atomic E-state index is 0.334. The van der Waals surface area contributed by atoms with Gasteiger partial charge in [-0.05, 0) is 13.3 Å². The summed E-state index contributed by atoms with van der Waals surface area (Å²) in [6.45, 7) is 5.39. The largest absolute Gasteiger partial charge is 0.374 e. The van der Waals surface area contributed by atoms with Crippen molar-refractivity contribution >= 4 is 27.3 Å². The van der Waals surface area contributed by atoms with Gasteiger partial charge < -0.3 is 4.74 Å². The van der Waals surface area contributed by atoms with Crippen molar-refractivity contribution in [3.63, 3.8) is 0 Å². The number of nitrogens with zero attached hydrogens (tertiary/aromatic N) is 2. The second kappa shape index (κ2) is 5.67. The van der Waals surface area contributed by atoms with Crippen LogP contribution in [0.1, 0.15) is 35.1 Å². The Balaban J connectivity index is 2.53. The van der Waals surface area contributed by atoms with E-state index in [9.17, 15) is 0 Å². The molecule has 0 amide bonds. The van der Waals surface area contributed by atoms with Gasteiger partial charge in [0.1, 0.15) is 16.6 Å². The van der Waals surface area contributed by atoms with Gasteiger partial charge in [0.2, 0.25) is 0 Å². The average Bonchev–Trinajstić information content (AvgIpc) is 2.62. The highest BCUT2D eigenvalue weighted by atomic mass is 79.9. The van der Waals surface area contributed by atoms with Crippen molar-refractivity contribution in [3.8, 4) is 0 Å². The van der Waals surface area contributed by atoms with Crippen molar-refractivity contribution in [2.45, 2.75) is 31.7 Å². The van der Waals surface area contributed by atoms with E-state index in [-0.39, 0.29) is 0 Å². The molecule has 13 heavy (non-hydrogen) atoms. The summed E-state index contributed by atoms with van der Waals surface area (Å²) in [7, 11) is 0. The summed E-state index contributed by atoms with van der Waals surface area (Å²) in [5.41, 5.74) is 0. The van der Waals surface area contributed by atoms with E-state index >= 15 is 0 Å². The number of hydrogen-bond acceptors (Lipinski definition) is 4. The second-order valence-electron chi connectivity index (χ2n) is 2.55. The predicted octanol–water partition coefficient (Wildman–Crippen LogP) is 2.92. The third-order valence-electron chi connectivity index (χ3n) is 1.54. The van der Waals surface area contributed by atoms with Gasteiger partial charge in [0.05, 0.1) is 4.83 Å². The minimum atomic E-state index is 0.334. The van der Waals surface area contributed by atoms with Gasteiger partial charge in [-0.1, -0.05) is 34.2 Å². The van der Waals surface area contributed by atoms with Crippen molar-refractivity contribution in [1.29, 1.82) is 0 Å². The average molecular weight is 265 g/mol. The molecule has 1 aromatic heterocycles. The van der Waals surface area contributed by atoms with Gasteiger partial charge in [-0.3, -0.25) is 0 Å². The molecule has 0 saturated carbocycles. The molecule has 0 N–H and O–H groups in total. The highest BCUT2D eigenvalue weighted by molar-refractivity contribution is 9.09. The summed E-state index contributed by atoms with van der Waals surface area (Å²) >= 11 is 5.14. The summed E-state index contributed by atoms with van der Waals surface area (Å²) in [5, 5.41) is 10.1.